The van der Waals surface area contributed by atoms with Gasteiger partial charge in [-0.15, -0.1) is 0 Å². The predicted molar refractivity (Wildman–Crippen MR) is 71.2 cm³/mol. The predicted octanol–water partition coefficient (Wildman–Crippen LogP) is 1.40. The van der Waals surface area contributed by atoms with E-state index in [2.05, 4.69) is 15.5 Å². The minimum absolute atomic E-state index is 0.219. The average Bonchev–Trinajstić information content (AvgIpc) is 2.74. The topological polar surface area (TPSA) is 78.1 Å². The van der Waals surface area contributed by atoms with Gasteiger partial charge in [-0.1, -0.05) is 13.8 Å². The molecule has 1 heterocycles. The highest BCUT2D eigenvalue weighted by molar-refractivity contribution is 7.89. The van der Waals surface area contributed by atoms with Gasteiger partial charge in [-0.05, 0) is 13.5 Å². The summed E-state index contributed by atoms with van der Waals surface area (Å²) in [6.45, 7) is 3.82. The molecule has 10 heteroatoms. The Morgan fingerprint density at radius 3 is 2.43 bits per heavy atom. The maximum absolute atomic E-state index is 12.5. The number of nitrogens with one attached hydrogen (secondary N) is 2. The van der Waals surface area contributed by atoms with Crippen molar-refractivity contribution in [1.82, 2.24) is 19.8 Å². The molecule has 0 bridgehead atoms. The molecular weight excluding hydrogens is 309 g/mol. The molecule has 2 N–H and O–H groups in total. The Morgan fingerprint density at radius 2 is 1.95 bits per heavy atom. The van der Waals surface area contributed by atoms with Crippen LogP contribution in [-0.4, -0.2) is 48.7 Å². The number of H-pyrrole nitrogens is 1. The van der Waals surface area contributed by atoms with E-state index in [1.165, 1.54) is 6.92 Å². The lowest BCUT2D eigenvalue weighted by Gasteiger charge is -2.21. The maximum Gasteiger partial charge on any atom is 0.402 e. The molecule has 0 aliphatic rings. The molecule has 0 aliphatic carbocycles. The highest BCUT2D eigenvalue weighted by Crippen LogP contribution is 2.24. The van der Waals surface area contributed by atoms with Crippen LogP contribution in [0.3, 0.4) is 0 Å². The van der Waals surface area contributed by atoms with Gasteiger partial charge in [0.05, 0.1) is 0 Å². The Labute approximate surface area is 121 Å². The summed E-state index contributed by atoms with van der Waals surface area (Å²) in [4.78, 5) is 0. The second kappa shape index (κ2) is 6.75. The largest absolute Gasteiger partial charge is 0.402 e. The lowest BCUT2D eigenvalue weighted by Crippen LogP contribution is -2.39. The van der Waals surface area contributed by atoms with E-state index < -0.39 is 22.7 Å². The maximum atomic E-state index is 12.5. The molecule has 0 aliphatic heterocycles. The zero-order valence-electron chi connectivity index (χ0n) is 12.1. The quantitative estimate of drug-likeness (QED) is 0.793. The highest BCUT2D eigenvalue weighted by Gasteiger charge is 2.38. The SMILES string of the molecule is CCNCc1c(S(=O)(=O)N(CC)CC(F)(F)F)n[nH]c1C. The molecular formula is C11H19F3N4O2S. The third-order valence-electron chi connectivity index (χ3n) is 2.88. The molecule has 1 aromatic rings. The lowest BCUT2D eigenvalue weighted by molar-refractivity contribution is -0.135. The molecule has 0 saturated carbocycles. The summed E-state index contributed by atoms with van der Waals surface area (Å²) < 4.78 is 62.6. The van der Waals surface area contributed by atoms with Crippen LogP contribution in [0.5, 0.6) is 0 Å². The highest BCUT2D eigenvalue weighted by atomic mass is 32.2. The lowest BCUT2D eigenvalue weighted by atomic mass is 10.2. The minimum atomic E-state index is -4.60. The monoisotopic (exact) mass is 328 g/mol. The number of hydrogen-bond donors (Lipinski definition) is 2. The van der Waals surface area contributed by atoms with Gasteiger partial charge < -0.3 is 5.32 Å². The van der Waals surface area contributed by atoms with Crippen LogP contribution in [0.15, 0.2) is 5.03 Å². The number of aromatic nitrogens is 2. The van der Waals surface area contributed by atoms with Gasteiger partial charge >= 0.3 is 6.18 Å². The normalized spacial score (nSPS) is 13.1. The Morgan fingerprint density at radius 1 is 1.33 bits per heavy atom. The van der Waals surface area contributed by atoms with Gasteiger partial charge in [0.2, 0.25) is 0 Å². The molecule has 0 unspecified atom stereocenters. The van der Waals surface area contributed by atoms with E-state index in [-0.39, 0.29) is 18.1 Å². The fourth-order valence-corrected chi connectivity index (χ4v) is 3.39. The first-order valence-electron chi connectivity index (χ1n) is 6.45. The third kappa shape index (κ3) is 4.42. The van der Waals surface area contributed by atoms with E-state index in [4.69, 9.17) is 0 Å². The molecule has 6 nitrogen and oxygen atoms in total. The Bertz CT molecular complexity index is 569. The van der Waals surface area contributed by atoms with Crippen LogP contribution >= 0.6 is 0 Å². The van der Waals surface area contributed by atoms with Crippen LogP contribution in [-0.2, 0) is 16.6 Å². The molecule has 0 saturated heterocycles. The number of alkyl halides is 3. The number of sulfonamides is 1. The van der Waals surface area contributed by atoms with Gasteiger partial charge in [0.1, 0.15) is 6.54 Å². The summed E-state index contributed by atoms with van der Waals surface area (Å²) in [5, 5.41) is 8.78. The number of aryl methyl sites for hydroxylation is 1. The Balaban J connectivity index is 3.17. The van der Waals surface area contributed by atoms with Crippen LogP contribution in [0.1, 0.15) is 25.1 Å². The molecule has 1 rings (SSSR count). The van der Waals surface area contributed by atoms with Crippen LogP contribution < -0.4 is 5.32 Å². The first kappa shape index (κ1) is 17.9. The van der Waals surface area contributed by atoms with Crippen molar-refractivity contribution in [2.75, 3.05) is 19.6 Å². The summed E-state index contributed by atoms with van der Waals surface area (Å²) in [5.74, 6) is 0. The molecule has 0 fully saturated rings. The zero-order valence-corrected chi connectivity index (χ0v) is 12.9. The average molecular weight is 328 g/mol. The first-order chi connectivity index (χ1) is 9.63. The van der Waals surface area contributed by atoms with Crippen molar-refractivity contribution in [3.05, 3.63) is 11.3 Å². The Hall–Kier alpha value is -1.13. The summed E-state index contributed by atoms with van der Waals surface area (Å²) in [5.41, 5.74) is 0.870. The van der Waals surface area contributed by atoms with Gasteiger partial charge in [-0.25, -0.2) is 8.42 Å². The summed E-state index contributed by atoms with van der Waals surface area (Å²) in [6, 6.07) is 0. The fraction of sp³-hybridized carbons (Fsp3) is 0.727. The number of hydrogen-bond acceptors (Lipinski definition) is 4. The molecule has 21 heavy (non-hydrogen) atoms. The van der Waals surface area contributed by atoms with Crippen molar-refractivity contribution < 1.29 is 21.6 Å². The first-order valence-corrected chi connectivity index (χ1v) is 7.89. The van der Waals surface area contributed by atoms with Crippen molar-refractivity contribution in [3.63, 3.8) is 0 Å². The number of rotatable bonds is 7. The summed E-state index contributed by atoms with van der Waals surface area (Å²) >= 11 is 0. The molecule has 1 aromatic heterocycles. The van der Waals surface area contributed by atoms with Gasteiger partial charge in [0.25, 0.3) is 10.0 Å². The third-order valence-corrected chi connectivity index (χ3v) is 4.77. The number of halogens is 3. The van der Waals surface area contributed by atoms with Crippen molar-refractivity contribution in [2.24, 2.45) is 0 Å². The van der Waals surface area contributed by atoms with Crippen molar-refractivity contribution in [3.8, 4) is 0 Å². The van der Waals surface area contributed by atoms with E-state index in [1.807, 2.05) is 6.92 Å². The molecule has 0 aromatic carbocycles. The summed E-state index contributed by atoms with van der Waals surface area (Å²) in [7, 11) is -4.29. The van der Waals surface area contributed by atoms with Gasteiger partial charge in [0, 0.05) is 24.3 Å². The zero-order chi connectivity index (χ0) is 16.3. The Kier molecular flexibility index (Phi) is 5.76. The van der Waals surface area contributed by atoms with E-state index in [1.54, 1.807) is 6.92 Å². The minimum Gasteiger partial charge on any atom is -0.313 e. The second-order valence-corrected chi connectivity index (χ2v) is 6.31. The number of nitrogens with zero attached hydrogens (tertiary/aromatic N) is 2. The van der Waals surface area contributed by atoms with Crippen LogP contribution in [0.4, 0.5) is 13.2 Å². The van der Waals surface area contributed by atoms with Gasteiger partial charge in [-0.3, -0.25) is 5.10 Å². The van der Waals surface area contributed by atoms with Gasteiger partial charge in [0.15, 0.2) is 5.03 Å². The molecule has 0 radical (unpaired) electrons. The van der Waals surface area contributed by atoms with E-state index in [0.29, 0.717) is 22.1 Å². The van der Waals surface area contributed by atoms with Crippen molar-refractivity contribution in [1.29, 1.82) is 0 Å². The molecule has 122 valence electrons. The smallest absolute Gasteiger partial charge is 0.313 e. The van der Waals surface area contributed by atoms with Gasteiger partial charge in [-0.2, -0.15) is 22.6 Å². The van der Waals surface area contributed by atoms with Crippen LogP contribution in [0.25, 0.3) is 0 Å². The van der Waals surface area contributed by atoms with Crippen molar-refractivity contribution >= 4 is 10.0 Å². The van der Waals surface area contributed by atoms with E-state index >= 15 is 0 Å². The van der Waals surface area contributed by atoms with Crippen LogP contribution in [0, 0.1) is 6.92 Å². The van der Waals surface area contributed by atoms with Crippen molar-refractivity contribution in [2.45, 2.75) is 38.5 Å². The fourth-order valence-electron chi connectivity index (χ4n) is 1.79. The molecule has 0 amide bonds. The second-order valence-electron chi connectivity index (χ2n) is 4.46. The number of aromatic amines is 1. The molecule has 0 atom stereocenters. The van der Waals surface area contributed by atoms with E-state index in [0.717, 1.165) is 0 Å². The standard InChI is InChI=1S/C11H19F3N4O2S/c1-4-15-6-9-8(3)16-17-10(9)21(19,20)18(5-2)7-11(12,13)14/h15H,4-7H2,1-3H3,(H,16,17). The molecule has 0 spiro atoms. The summed E-state index contributed by atoms with van der Waals surface area (Å²) in [6.07, 6.45) is -4.60. The van der Waals surface area contributed by atoms with Crippen LogP contribution in [0.2, 0.25) is 0 Å². The van der Waals surface area contributed by atoms with E-state index in [9.17, 15) is 21.6 Å².